The molecule has 0 aromatic carbocycles. The Morgan fingerprint density at radius 3 is 2.79 bits per heavy atom. The number of nitrogens with one attached hydrogen (secondary N) is 1. The lowest BCUT2D eigenvalue weighted by molar-refractivity contribution is -0.139. The lowest BCUT2D eigenvalue weighted by Gasteiger charge is -2.45. The highest BCUT2D eigenvalue weighted by molar-refractivity contribution is 5.81. The third-order valence-electron chi connectivity index (χ3n) is 6.39. The van der Waals surface area contributed by atoms with Gasteiger partial charge >= 0.3 is 0 Å². The van der Waals surface area contributed by atoms with Crippen LogP contribution in [-0.4, -0.2) is 79.3 Å². The molecule has 4 rings (SSSR count). The molecular weight excluding hydrogens is 356 g/mol. The summed E-state index contributed by atoms with van der Waals surface area (Å²) in [4.78, 5) is 30.5. The maximum absolute atomic E-state index is 13.5. The van der Waals surface area contributed by atoms with E-state index in [1.54, 1.807) is 10.6 Å². The average molecular weight is 389 g/mol. The van der Waals surface area contributed by atoms with Crippen LogP contribution >= 0.6 is 0 Å². The van der Waals surface area contributed by atoms with Crippen LogP contribution in [0.25, 0.3) is 0 Å². The van der Waals surface area contributed by atoms with Crippen LogP contribution in [0.2, 0.25) is 0 Å². The number of pyridine rings is 1. The molecule has 1 aromatic heterocycles. The first-order chi connectivity index (χ1) is 13.7. The molecule has 4 heterocycles. The minimum Gasteiger partial charge on any atom is -0.380 e. The first-order valence-corrected chi connectivity index (χ1v) is 10.7. The van der Waals surface area contributed by atoms with Crippen molar-refractivity contribution in [2.45, 2.75) is 31.7 Å². The number of amides is 1. The van der Waals surface area contributed by atoms with E-state index in [0.29, 0.717) is 5.92 Å². The van der Waals surface area contributed by atoms with Crippen LogP contribution in [0.4, 0.5) is 0 Å². The van der Waals surface area contributed by atoms with Gasteiger partial charge in [0.1, 0.15) is 6.04 Å². The molecule has 1 aromatic rings. The normalized spacial score (nSPS) is 27.5. The molecule has 3 aliphatic rings. The number of carbonyl (C=O) groups excluding carboxylic acids is 1. The van der Waals surface area contributed by atoms with Gasteiger partial charge in [0.05, 0.1) is 6.61 Å². The third kappa shape index (κ3) is 3.88. The van der Waals surface area contributed by atoms with Gasteiger partial charge in [-0.3, -0.25) is 19.1 Å². The number of nitrogens with zero attached hydrogens (tertiary/aromatic N) is 3. The lowest BCUT2D eigenvalue weighted by atomic mass is 9.79. The molecule has 0 saturated carbocycles. The molecule has 1 amide bonds. The van der Waals surface area contributed by atoms with Crippen LogP contribution in [-0.2, 0) is 9.53 Å². The van der Waals surface area contributed by atoms with Crippen LogP contribution in [0, 0.1) is 5.92 Å². The van der Waals surface area contributed by atoms with Crippen molar-refractivity contribution in [1.29, 1.82) is 0 Å². The van der Waals surface area contributed by atoms with Gasteiger partial charge < -0.3 is 15.0 Å². The van der Waals surface area contributed by atoms with Gasteiger partial charge in [0.2, 0.25) is 5.91 Å². The molecule has 2 bridgehead atoms. The first-order valence-electron chi connectivity index (χ1n) is 10.7. The molecule has 2 fully saturated rings. The minimum atomic E-state index is -0.368. The van der Waals surface area contributed by atoms with E-state index in [-0.39, 0.29) is 23.4 Å². The first kappa shape index (κ1) is 19.6. The summed E-state index contributed by atoms with van der Waals surface area (Å²) in [5.41, 5.74) is 0.972. The van der Waals surface area contributed by atoms with Crippen molar-refractivity contribution in [3.8, 4) is 0 Å². The van der Waals surface area contributed by atoms with E-state index in [9.17, 15) is 9.59 Å². The van der Waals surface area contributed by atoms with Gasteiger partial charge in [0.25, 0.3) is 5.56 Å². The van der Waals surface area contributed by atoms with Crippen molar-refractivity contribution in [2.24, 2.45) is 5.92 Å². The van der Waals surface area contributed by atoms with E-state index in [1.807, 2.05) is 17.0 Å². The second-order valence-corrected chi connectivity index (χ2v) is 8.23. The van der Waals surface area contributed by atoms with Crippen LogP contribution in [0.1, 0.15) is 37.4 Å². The Kier molecular flexibility index (Phi) is 6.13. The number of hydrogen-bond acceptors (Lipinski definition) is 5. The number of piperazine rings is 1. The predicted octanol–water partition coefficient (Wildman–Crippen LogP) is 0.667. The largest absolute Gasteiger partial charge is 0.380 e. The maximum atomic E-state index is 13.5. The Balaban J connectivity index is 1.44. The molecule has 154 valence electrons. The number of fused-ring (bicyclic) bond motifs is 4. The minimum absolute atomic E-state index is 0.0424. The second kappa shape index (κ2) is 8.76. The Bertz CT molecular complexity index is 741. The summed E-state index contributed by atoms with van der Waals surface area (Å²) < 4.78 is 7.38. The molecule has 3 aliphatic heterocycles. The molecule has 0 unspecified atom stereocenters. The summed E-state index contributed by atoms with van der Waals surface area (Å²) in [6.07, 6.45) is 2.03. The maximum Gasteiger partial charge on any atom is 0.251 e. The van der Waals surface area contributed by atoms with Crippen LogP contribution in [0.3, 0.4) is 0 Å². The molecule has 3 atom stereocenters. The van der Waals surface area contributed by atoms with E-state index in [1.165, 1.54) is 0 Å². The molecule has 7 heteroatoms. The summed E-state index contributed by atoms with van der Waals surface area (Å²) in [6, 6.07) is 5.06. The van der Waals surface area contributed by atoms with Gasteiger partial charge in [0, 0.05) is 76.0 Å². The van der Waals surface area contributed by atoms with E-state index >= 15 is 0 Å². The Morgan fingerprint density at radius 2 is 2.00 bits per heavy atom. The second-order valence-electron chi connectivity index (χ2n) is 8.23. The number of hydrogen-bond donors (Lipinski definition) is 1. The molecular formula is C21H32N4O3. The Morgan fingerprint density at radius 1 is 1.18 bits per heavy atom. The fraction of sp³-hybridized carbons (Fsp3) is 0.714. The van der Waals surface area contributed by atoms with Gasteiger partial charge in [-0.2, -0.15) is 0 Å². The molecule has 2 saturated heterocycles. The van der Waals surface area contributed by atoms with Crippen molar-refractivity contribution in [2.75, 3.05) is 59.0 Å². The highest BCUT2D eigenvalue weighted by atomic mass is 16.5. The zero-order chi connectivity index (χ0) is 19.5. The molecule has 0 spiro atoms. The van der Waals surface area contributed by atoms with Gasteiger partial charge in [0.15, 0.2) is 0 Å². The lowest BCUT2D eigenvalue weighted by Crippen LogP contribution is -2.56. The smallest absolute Gasteiger partial charge is 0.251 e. The van der Waals surface area contributed by atoms with Gasteiger partial charge in [-0.05, 0) is 18.9 Å². The molecule has 0 aliphatic carbocycles. The highest BCUT2D eigenvalue weighted by Gasteiger charge is 2.43. The van der Waals surface area contributed by atoms with Gasteiger partial charge in [-0.1, -0.05) is 13.0 Å². The zero-order valence-electron chi connectivity index (χ0n) is 16.8. The molecule has 28 heavy (non-hydrogen) atoms. The number of rotatable bonds is 6. The third-order valence-corrected chi connectivity index (χ3v) is 6.39. The molecule has 1 N–H and O–H groups in total. The fourth-order valence-corrected chi connectivity index (χ4v) is 4.93. The quantitative estimate of drug-likeness (QED) is 0.726. The summed E-state index contributed by atoms with van der Waals surface area (Å²) in [7, 11) is 0. The zero-order valence-corrected chi connectivity index (χ0v) is 16.8. The fourth-order valence-electron chi connectivity index (χ4n) is 4.93. The van der Waals surface area contributed by atoms with E-state index in [0.717, 1.165) is 77.6 Å². The SMILES string of the molecule is CCCOCCN1CCN(C(=O)[C@H]2[C@@H]3CNC[C@@H](C3)c3cccc(=O)n32)CC1. The number of aromatic nitrogens is 1. The van der Waals surface area contributed by atoms with E-state index < -0.39 is 0 Å². The van der Waals surface area contributed by atoms with Crippen molar-refractivity contribution < 1.29 is 9.53 Å². The number of piperidine rings is 1. The highest BCUT2D eigenvalue weighted by Crippen LogP contribution is 2.39. The summed E-state index contributed by atoms with van der Waals surface area (Å²) in [5, 5.41) is 3.47. The van der Waals surface area contributed by atoms with E-state index in [4.69, 9.17) is 4.74 Å². The average Bonchev–Trinajstić information content (AvgIpc) is 2.72. The molecule has 7 nitrogen and oxygen atoms in total. The number of ether oxygens (including phenoxy) is 1. The Hall–Kier alpha value is -1.70. The summed E-state index contributed by atoms with van der Waals surface area (Å²) in [6.45, 7) is 9.49. The number of carbonyl (C=O) groups is 1. The molecule has 0 radical (unpaired) electrons. The van der Waals surface area contributed by atoms with Crippen molar-refractivity contribution in [1.82, 2.24) is 19.7 Å². The van der Waals surface area contributed by atoms with Crippen molar-refractivity contribution in [3.05, 3.63) is 34.2 Å². The topological polar surface area (TPSA) is 66.8 Å². The monoisotopic (exact) mass is 388 g/mol. The standard InChI is InChI=1S/C21H32N4O3/c1-2-11-28-12-10-23-6-8-24(9-7-23)21(27)20-17-13-16(14-22-15-17)18-4-3-5-19(26)25(18)20/h3-5,16-17,20,22H,2,6-15H2,1H3/t16-,17+,20-/m1/s1. The van der Waals surface area contributed by atoms with E-state index in [2.05, 4.69) is 17.1 Å². The van der Waals surface area contributed by atoms with Crippen molar-refractivity contribution >= 4 is 5.91 Å². The van der Waals surface area contributed by atoms with Crippen LogP contribution < -0.4 is 10.9 Å². The van der Waals surface area contributed by atoms with Crippen LogP contribution in [0.5, 0.6) is 0 Å². The predicted molar refractivity (Wildman–Crippen MR) is 108 cm³/mol. The van der Waals surface area contributed by atoms with Crippen LogP contribution in [0.15, 0.2) is 23.0 Å². The summed E-state index contributed by atoms with van der Waals surface area (Å²) >= 11 is 0. The van der Waals surface area contributed by atoms with Crippen molar-refractivity contribution in [3.63, 3.8) is 0 Å². The van der Waals surface area contributed by atoms with Gasteiger partial charge in [-0.15, -0.1) is 0 Å². The summed E-state index contributed by atoms with van der Waals surface area (Å²) in [5.74, 6) is 0.638. The van der Waals surface area contributed by atoms with Gasteiger partial charge in [-0.25, -0.2) is 0 Å². The Labute approximate surface area is 166 Å².